The largest absolute Gasteiger partial charge is 0.398 e. The summed E-state index contributed by atoms with van der Waals surface area (Å²) in [4.78, 5) is 14.1. The highest BCUT2D eigenvalue weighted by Crippen LogP contribution is 2.36. The number of aryl methyl sites for hydroxylation is 1. The minimum Gasteiger partial charge on any atom is -0.398 e. The second kappa shape index (κ2) is 8.57. The number of hydrogen-bond donors (Lipinski definition) is 3. The topological polar surface area (TPSA) is 96.7 Å². The van der Waals surface area contributed by atoms with E-state index in [1.54, 1.807) is 0 Å². The number of nitrogens with one attached hydrogen (secondary N) is 1. The average molecular weight is 396 g/mol. The van der Waals surface area contributed by atoms with Crippen LogP contribution in [0.2, 0.25) is 0 Å². The van der Waals surface area contributed by atoms with Crippen LogP contribution in [-0.2, 0) is 12.8 Å². The molecule has 6 nitrogen and oxygen atoms in total. The lowest BCUT2D eigenvalue weighted by Gasteiger charge is -2.42. The third-order valence-electron chi connectivity index (χ3n) is 6.85. The van der Waals surface area contributed by atoms with Gasteiger partial charge in [-0.1, -0.05) is 18.6 Å². The number of piperidine rings is 1. The highest BCUT2D eigenvalue weighted by molar-refractivity contribution is 5.78. The fourth-order valence-corrected chi connectivity index (χ4v) is 4.98. The van der Waals surface area contributed by atoms with Gasteiger partial charge in [0, 0.05) is 29.9 Å². The van der Waals surface area contributed by atoms with E-state index in [0.717, 1.165) is 55.0 Å². The van der Waals surface area contributed by atoms with E-state index in [2.05, 4.69) is 21.5 Å². The summed E-state index contributed by atoms with van der Waals surface area (Å²) < 4.78 is 0. The standard InChI is InChI=1S/C23H33N5O/c1-15(22(25)20-11-10-16-5-2-9-19(16)23(20)27-29)13-21(24)26-17-6-4-12-28(14-17)18-7-3-8-18/h10-11,13,17-18,26H,2-9,12,14,24-25H2,1H3/b21-13+,22-15-. The molecule has 156 valence electrons. The first-order valence-corrected chi connectivity index (χ1v) is 11.0. The fourth-order valence-electron chi connectivity index (χ4n) is 4.98. The van der Waals surface area contributed by atoms with E-state index in [0.29, 0.717) is 23.2 Å². The van der Waals surface area contributed by atoms with Gasteiger partial charge in [-0.3, -0.25) is 4.90 Å². The number of hydrogen-bond acceptors (Lipinski definition) is 6. The molecule has 2 aliphatic carbocycles. The predicted octanol–water partition coefficient (Wildman–Crippen LogP) is 3.67. The van der Waals surface area contributed by atoms with Crippen LogP contribution >= 0.6 is 0 Å². The van der Waals surface area contributed by atoms with Crippen LogP contribution in [0.5, 0.6) is 0 Å². The maximum Gasteiger partial charge on any atom is 0.120 e. The molecule has 29 heavy (non-hydrogen) atoms. The Balaban J connectivity index is 1.48. The van der Waals surface area contributed by atoms with Crippen LogP contribution in [0.1, 0.15) is 62.1 Å². The van der Waals surface area contributed by atoms with Crippen molar-refractivity contribution in [2.75, 3.05) is 13.1 Å². The molecule has 1 heterocycles. The van der Waals surface area contributed by atoms with Crippen molar-refractivity contribution in [3.8, 4) is 0 Å². The number of nitrogens with two attached hydrogens (primary N) is 2. The zero-order valence-corrected chi connectivity index (χ0v) is 17.4. The molecule has 3 aliphatic rings. The minimum atomic E-state index is 0.377. The summed E-state index contributed by atoms with van der Waals surface area (Å²) in [6.45, 7) is 4.20. The molecule has 1 unspecified atom stereocenters. The highest BCUT2D eigenvalue weighted by Gasteiger charge is 2.29. The summed E-state index contributed by atoms with van der Waals surface area (Å²) in [6, 6.07) is 5.15. The third kappa shape index (κ3) is 4.17. The van der Waals surface area contributed by atoms with Crippen molar-refractivity contribution in [1.29, 1.82) is 0 Å². The number of fused-ring (bicyclic) bond motifs is 1. The van der Waals surface area contributed by atoms with Gasteiger partial charge in [-0.15, -0.1) is 4.91 Å². The quantitative estimate of drug-likeness (QED) is 0.504. The smallest absolute Gasteiger partial charge is 0.120 e. The number of likely N-dealkylation sites (tertiary alicyclic amines) is 1. The molecule has 6 heteroatoms. The van der Waals surface area contributed by atoms with Crippen LogP contribution in [-0.4, -0.2) is 30.1 Å². The van der Waals surface area contributed by atoms with E-state index in [9.17, 15) is 4.91 Å². The van der Waals surface area contributed by atoms with Gasteiger partial charge in [0.2, 0.25) is 0 Å². The van der Waals surface area contributed by atoms with Crippen LogP contribution in [0.25, 0.3) is 5.70 Å². The Morgan fingerprint density at radius 1 is 1.17 bits per heavy atom. The Hall–Kier alpha value is -2.34. The van der Waals surface area contributed by atoms with Gasteiger partial charge in [-0.05, 0) is 86.4 Å². The SMILES string of the molecule is CC(/C=C(\N)NC1CCCN(C2CCC2)C1)=C(/N)c1ccc2c(c1N=O)CCC2. The molecule has 0 amide bonds. The zero-order chi connectivity index (χ0) is 20.4. The first-order chi connectivity index (χ1) is 14.1. The summed E-state index contributed by atoms with van der Waals surface area (Å²) in [5.74, 6) is 0.632. The van der Waals surface area contributed by atoms with E-state index in [4.69, 9.17) is 11.5 Å². The van der Waals surface area contributed by atoms with Gasteiger partial charge in [0.25, 0.3) is 0 Å². The molecule has 0 radical (unpaired) electrons. The van der Waals surface area contributed by atoms with E-state index >= 15 is 0 Å². The maximum absolute atomic E-state index is 11.5. The van der Waals surface area contributed by atoms with Gasteiger partial charge in [0.05, 0.1) is 5.82 Å². The van der Waals surface area contributed by atoms with Crippen LogP contribution in [0, 0.1) is 4.91 Å². The molecule has 5 N–H and O–H groups in total. The van der Waals surface area contributed by atoms with Gasteiger partial charge in [-0.2, -0.15) is 0 Å². The fraction of sp³-hybridized carbons (Fsp3) is 0.565. The minimum absolute atomic E-state index is 0.377. The first-order valence-electron chi connectivity index (χ1n) is 11.0. The summed E-state index contributed by atoms with van der Waals surface area (Å²) >= 11 is 0. The molecule has 0 aromatic heterocycles. The molecular weight excluding hydrogens is 362 g/mol. The van der Waals surface area contributed by atoms with Crippen molar-refractivity contribution in [2.24, 2.45) is 16.6 Å². The van der Waals surface area contributed by atoms with E-state index in [1.165, 1.54) is 37.8 Å². The number of allylic oxidation sites excluding steroid dienone is 2. The van der Waals surface area contributed by atoms with Crippen LogP contribution in [0.15, 0.2) is 34.8 Å². The van der Waals surface area contributed by atoms with Gasteiger partial charge < -0.3 is 16.8 Å². The Labute approximate surface area is 173 Å². The van der Waals surface area contributed by atoms with Gasteiger partial charge in [-0.25, -0.2) is 0 Å². The van der Waals surface area contributed by atoms with Crippen molar-refractivity contribution in [1.82, 2.24) is 10.2 Å². The third-order valence-corrected chi connectivity index (χ3v) is 6.85. The molecule has 1 saturated carbocycles. The van der Waals surface area contributed by atoms with Crippen molar-refractivity contribution < 1.29 is 0 Å². The van der Waals surface area contributed by atoms with E-state index in [1.807, 2.05) is 19.1 Å². The number of benzene rings is 1. The molecule has 2 fully saturated rings. The lowest BCUT2D eigenvalue weighted by Crippen LogP contribution is -2.51. The first kappa shape index (κ1) is 20.0. The molecule has 0 spiro atoms. The summed E-state index contributed by atoms with van der Waals surface area (Å²) in [6.07, 6.45) is 11.3. The second-order valence-corrected chi connectivity index (χ2v) is 8.80. The van der Waals surface area contributed by atoms with Gasteiger partial charge in [0.15, 0.2) is 0 Å². The van der Waals surface area contributed by atoms with Crippen molar-refractivity contribution in [3.63, 3.8) is 0 Å². The lowest BCUT2D eigenvalue weighted by atomic mass is 9.89. The summed E-state index contributed by atoms with van der Waals surface area (Å²) in [5.41, 5.74) is 17.6. The Morgan fingerprint density at radius 3 is 2.72 bits per heavy atom. The predicted molar refractivity (Wildman–Crippen MR) is 118 cm³/mol. The van der Waals surface area contributed by atoms with E-state index < -0.39 is 0 Å². The van der Waals surface area contributed by atoms with Crippen molar-refractivity contribution in [3.05, 3.63) is 51.2 Å². The second-order valence-electron chi connectivity index (χ2n) is 8.80. The number of nitrogens with zero attached hydrogens (tertiary/aromatic N) is 2. The number of nitroso groups, excluding NO2 is 1. The maximum atomic E-state index is 11.5. The molecule has 1 aromatic rings. The van der Waals surface area contributed by atoms with Gasteiger partial charge in [0.1, 0.15) is 5.69 Å². The number of rotatable bonds is 6. The molecule has 1 aliphatic heterocycles. The Morgan fingerprint density at radius 2 is 2.00 bits per heavy atom. The molecule has 0 bridgehead atoms. The molecule has 1 saturated heterocycles. The normalized spacial score (nSPS) is 23.9. The van der Waals surface area contributed by atoms with Crippen LogP contribution in [0.4, 0.5) is 5.69 Å². The Bertz CT molecular complexity index is 840. The summed E-state index contributed by atoms with van der Waals surface area (Å²) in [7, 11) is 0. The average Bonchev–Trinajstić information content (AvgIpc) is 3.14. The lowest BCUT2D eigenvalue weighted by molar-refractivity contribution is 0.0897. The van der Waals surface area contributed by atoms with E-state index in [-0.39, 0.29) is 0 Å². The van der Waals surface area contributed by atoms with Gasteiger partial charge >= 0.3 is 0 Å². The van der Waals surface area contributed by atoms with Crippen LogP contribution < -0.4 is 16.8 Å². The zero-order valence-electron chi connectivity index (χ0n) is 17.4. The molecular formula is C23H33N5O. The summed E-state index contributed by atoms with van der Waals surface area (Å²) in [5, 5.41) is 6.80. The molecule has 4 rings (SSSR count). The Kier molecular flexibility index (Phi) is 5.90. The van der Waals surface area contributed by atoms with Crippen molar-refractivity contribution >= 4 is 11.4 Å². The van der Waals surface area contributed by atoms with Crippen molar-refractivity contribution in [2.45, 2.75) is 70.4 Å². The van der Waals surface area contributed by atoms with Crippen LogP contribution in [0.3, 0.4) is 0 Å². The monoisotopic (exact) mass is 395 g/mol. The molecule has 1 aromatic carbocycles. The molecule has 1 atom stereocenters. The highest BCUT2D eigenvalue weighted by atomic mass is 16.3.